The minimum Gasteiger partial charge on any atom is -0.468 e. The lowest BCUT2D eigenvalue weighted by Gasteiger charge is -2.38. The van der Waals surface area contributed by atoms with Gasteiger partial charge < -0.3 is 9.30 Å². The molecule has 6 heteroatoms. The molecular weight excluding hydrogens is 196 g/mol. The van der Waals surface area contributed by atoms with Crippen molar-refractivity contribution < 1.29 is 9.53 Å². The quantitative estimate of drug-likeness (QED) is 0.633. The van der Waals surface area contributed by atoms with Crippen LogP contribution in [-0.4, -0.2) is 45.3 Å². The zero-order valence-electron chi connectivity index (χ0n) is 8.88. The van der Waals surface area contributed by atoms with Gasteiger partial charge in [-0.3, -0.25) is 9.69 Å². The average molecular weight is 210 g/mol. The first kappa shape index (κ1) is 10.1. The Balaban J connectivity index is 1.96. The number of methoxy groups -OCH3 is 1. The number of ether oxygens (including phenoxy) is 1. The summed E-state index contributed by atoms with van der Waals surface area (Å²) in [6, 6.07) is -0.105. The highest BCUT2D eigenvalue weighted by Gasteiger charge is 2.35. The number of hydrogen-bond acceptors (Lipinski definition) is 5. The number of aryl methyl sites for hydroxylation is 1. The Labute approximate surface area is 87.8 Å². The summed E-state index contributed by atoms with van der Waals surface area (Å²) in [7, 11) is 3.31. The molecule has 1 aromatic rings. The minimum absolute atomic E-state index is 0.105. The molecule has 1 aliphatic heterocycles. The van der Waals surface area contributed by atoms with Gasteiger partial charge in [-0.05, 0) is 6.42 Å². The van der Waals surface area contributed by atoms with E-state index in [9.17, 15) is 4.79 Å². The predicted octanol–water partition coefficient (Wildman–Crippen LogP) is -0.438. The van der Waals surface area contributed by atoms with Crippen molar-refractivity contribution in [1.82, 2.24) is 19.7 Å². The molecule has 0 radical (unpaired) electrons. The second-order valence-electron chi connectivity index (χ2n) is 3.66. The molecule has 1 saturated heterocycles. The Morgan fingerprint density at radius 1 is 1.73 bits per heavy atom. The number of esters is 1. The largest absolute Gasteiger partial charge is 0.468 e. The molecule has 1 aromatic heterocycles. The van der Waals surface area contributed by atoms with Crippen LogP contribution in [-0.2, 0) is 23.1 Å². The van der Waals surface area contributed by atoms with Gasteiger partial charge in [-0.2, -0.15) is 0 Å². The molecule has 1 unspecified atom stereocenters. The van der Waals surface area contributed by atoms with Gasteiger partial charge in [0.25, 0.3) is 0 Å². The van der Waals surface area contributed by atoms with E-state index in [0.29, 0.717) is 6.54 Å². The summed E-state index contributed by atoms with van der Waals surface area (Å²) in [5.74, 6) is 0.701. The molecule has 1 fully saturated rings. The zero-order chi connectivity index (χ0) is 10.8. The molecule has 0 saturated carbocycles. The van der Waals surface area contributed by atoms with Gasteiger partial charge in [0.15, 0.2) is 0 Å². The number of carbonyl (C=O) groups excluding carboxylic acids is 1. The van der Waals surface area contributed by atoms with Gasteiger partial charge in [-0.1, -0.05) is 0 Å². The smallest absolute Gasteiger partial charge is 0.323 e. The van der Waals surface area contributed by atoms with Crippen molar-refractivity contribution >= 4 is 5.97 Å². The Kier molecular flexibility index (Phi) is 2.68. The van der Waals surface area contributed by atoms with Crippen molar-refractivity contribution in [3.8, 4) is 0 Å². The molecule has 15 heavy (non-hydrogen) atoms. The Morgan fingerprint density at radius 3 is 3.00 bits per heavy atom. The SMILES string of the molecule is COC(=O)C1CCN1Cc1nncn1C. The zero-order valence-corrected chi connectivity index (χ0v) is 8.88. The first-order chi connectivity index (χ1) is 7.22. The molecule has 1 aliphatic rings. The van der Waals surface area contributed by atoms with E-state index in [4.69, 9.17) is 4.74 Å². The van der Waals surface area contributed by atoms with Crippen molar-refractivity contribution in [3.63, 3.8) is 0 Å². The van der Waals surface area contributed by atoms with E-state index in [1.807, 2.05) is 16.5 Å². The van der Waals surface area contributed by atoms with Crippen LogP contribution in [0.15, 0.2) is 6.33 Å². The second kappa shape index (κ2) is 3.98. The van der Waals surface area contributed by atoms with Gasteiger partial charge in [-0.15, -0.1) is 10.2 Å². The Morgan fingerprint density at radius 2 is 2.53 bits per heavy atom. The molecule has 6 nitrogen and oxygen atoms in total. The predicted molar refractivity (Wildman–Crippen MR) is 51.8 cm³/mol. The van der Waals surface area contributed by atoms with Gasteiger partial charge in [0, 0.05) is 13.6 Å². The third kappa shape index (κ3) is 1.85. The summed E-state index contributed by atoms with van der Waals surface area (Å²) in [6.07, 6.45) is 2.52. The summed E-state index contributed by atoms with van der Waals surface area (Å²) in [6.45, 7) is 1.56. The van der Waals surface area contributed by atoms with Crippen molar-refractivity contribution in [2.75, 3.05) is 13.7 Å². The van der Waals surface area contributed by atoms with Crippen LogP contribution in [0.3, 0.4) is 0 Å². The average Bonchev–Trinajstić information content (AvgIpc) is 2.58. The fourth-order valence-corrected chi connectivity index (χ4v) is 1.66. The number of aromatic nitrogens is 3. The summed E-state index contributed by atoms with van der Waals surface area (Å²) in [5.41, 5.74) is 0. The van der Waals surface area contributed by atoms with Crippen LogP contribution in [0, 0.1) is 0 Å². The molecule has 0 N–H and O–H groups in total. The molecule has 2 rings (SSSR count). The molecule has 0 spiro atoms. The molecule has 0 aromatic carbocycles. The molecule has 82 valence electrons. The van der Waals surface area contributed by atoms with Gasteiger partial charge >= 0.3 is 5.97 Å². The third-order valence-corrected chi connectivity index (χ3v) is 2.75. The highest BCUT2D eigenvalue weighted by molar-refractivity contribution is 5.76. The summed E-state index contributed by atoms with van der Waals surface area (Å²) >= 11 is 0. The van der Waals surface area contributed by atoms with Crippen molar-refractivity contribution in [3.05, 3.63) is 12.2 Å². The van der Waals surface area contributed by atoms with Crippen LogP contribution in [0.4, 0.5) is 0 Å². The molecular formula is C9H14N4O2. The van der Waals surface area contributed by atoms with Crippen LogP contribution in [0.5, 0.6) is 0 Å². The fraction of sp³-hybridized carbons (Fsp3) is 0.667. The fourth-order valence-electron chi connectivity index (χ4n) is 1.66. The van der Waals surface area contributed by atoms with Crippen LogP contribution in [0.1, 0.15) is 12.2 Å². The number of carbonyl (C=O) groups is 1. The van der Waals surface area contributed by atoms with E-state index in [-0.39, 0.29) is 12.0 Å². The third-order valence-electron chi connectivity index (χ3n) is 2.75. The van der Waals surface area contributed by atoms with Crippen LogP contribution in [0.2, 0.25) is 0 Å². The van der Waals surface area contributed by atoms with Crippen LogP contribution in [0.25, 0.3) is 0 Å². The molecule has 0 aliphatic carbocycles. The minimum atomic E-state index is -0.164. The van der Waals surface area contributed by atoms with E-state index in [1.165, 1.54) is 7.11 Å². The van der Waals surface area contributed by atoms with Crippen LogP contribution < -0.4 is 0 Å². The number of likely N-dealkylation sites (tertiary alicyclic amines) is 1. The van der Waals surface area contributed by atoms with Crippen molar-refractivity contribution in [2.45, 2.75) is 19.0 Å². The van der Waals surface area contributed by atoms with E-state index in [1.54, 1.807) is 6.33 Å². The van der Waals surface area contributed by atoms with Gasteiger partial charge in [-0.25, -0.2) is 0 Å². The van der Waals surface area contributed by atoms with E-state index < -0.39 is 0 Å². The van der Waals surface area contributed by atoms with Crippen molar-refractivity contribution in [1.29, 1.82) is 0 Å². The van der Waals surface area contributed by atoms with Gasteiger partial charge in [0.05, 0.1) is 13.7 Å². The molecule has 0 amide bonds. The lowest BCUT2D eigenvalue weighted by Crippen LogP contribution is -2.52. The Bertz CT molecular complexity index is 363. The normalized spacial score (nSPS) is 21.1. The lowest BCUT2D eigenvalue weighted by atomic mass is 10.0. The lowest BCUT2D eigenvalue weighted by molar-refractivity contribution is -0.152. The maximum absolute atomic E-state index is 11.3. The standard InChI is InChI=1S/C9H14N4O2/c1-12-6-10-11-8(12)5-13-4-3-7(13)9(14)15-2/h6-7H,3-5H2,1-2H3. The maximum atomic E-state index is 11.3. The van der Waals surface area contributed by atoms with E-state index in [2.05, 4.69) is 10.2 Å². The highest BCUT2D eigenvalue weighted by Crippen LogP contribution is 2.20. The topological polar surface area (TPSA) is 60.2 Å². The molecule has 2 heterocycles. The second-order valence-corrected chi connectivity index (χ2v) is 3.66. The summed E-state index contributed by atoms with van der Waals surface area (Å²) in [4.78, 5) is 13.3. The van der Waals surface area contributed by atoms with Crippen LogP contribution >= 0.6 is 0 Å². The maximum Gasteiger partial charge on any atom is 0.323 e. The number of rotatable bonds is 3. The molecule has 0 bridgehead atoms. The first-order valence-corrected chi connectivity index (χ1v) is 4.87. The van der Waals surface area contributed by atoms with E-state index in [0.717, 1.165) is 18.8 Å². The molecule has 1 atom stereocenters. The number of nitrogens with zero attached hydrogens (tertiary/aromatic N) is 4. The van der Waals surface area contributed by atoms with Gasteiger partial charge in [0.1, 0.15) is 18.2 Å². The summed E-state index contributed by atoms with van der Waals surface area (Å²) in [5, 5.41) is 7.77. The number of hydrogen-bond donors (Lipinski definition) is 0. The van der Waals surface area contributed by atoms with E-state index >= 15 is 0 Å². The Hall–Kier alpha value is -1.43. The first-order valence-electron chi connectivity index (χ1n) is 4.87. The highest BCUT2D eigenvalue weighted by atomic mass is 16.5. The monoisotopic (exact) mass is 210 g/mol. The van der Waals surface area contributed by atoms with Crippen molar-refractivity contribution in [2.24, 2.45) is 7.05 Å². The van der Waals surface area contributed by atoms with Gasteiger partial charge in [0.2, 0.25) is 0 Å². The summed E-state index contributed by atoms with van der Waals surface area (Å²) < 4.78 is 6.56.